The van der Waals surface area contributed by atoms with Gasteiger partial charge in [-0.25, -0.2) is 9.98 Å². The minimum atomic E-state index is 0. The number of pyridine rings is 1. The summed E-state index contributed by atoms with van der Waals surface area (Å²) in [5, 5.41) is 6.58. The van der Waals surface area contributed by atoms with Gasteiger partial charge in [0.15, 0.2) is 5.96 Å². The Kier molecular flexibility index (Phi) is 13.6. The van der Waals surface area contributed by atoms with Gasteiger partial charge in [-0.1, -0.05) is 19.1 Å². The second-order valence-electron chi connectivity index (χ2n) is 6.40. The van der Waals surface area contributed by atoms with E-state index in [1.54, 1.807) is 13.3 Å². The third-order valence-electron chi connectivity index (χ3n) is 3.87. The first-order valence-corrected chi connectivity index (χ1v) is 10.1. The van der Waals surface area contributed by atoms with Gasteiger partial charge in [-0.05, 0) is 31.0 Å². The van der Waals surface area contributed by atoms with E-state index in [1.165, 1.54) is 0 Å². The first-order chi connectivity index (χ1) is 14.2. The number of hydrogen-bond donors (Lipinski definition) is 2. The molecular weight excluding hydrogens is 495 g/mol. The molecule has 0 aliphatic heterocycles. The fraction of sp³-hybridized carbons (Fsp3) is 0.455. The highest BCUT2D eigenvalue weighted by Crippen LogP contribution is 2.17. The van der Waals surface area contributed by atoms with Crippen LogP contribution in [0.1, 0.15) is 32.3 Å². The van der Waals surface area contributed by atoms with Crippen molar-refractivity contribution in [2.24, 2.45) is 4.99 Å². The number of hydrogen-bond acceptors (Lipinski definition) is 5. The van der Waals surface area contributed by atoms with Crippen LogP contribution < -0.4 is 20.1 Å². The molecule has 0 saturated carbocycles. The van der Waals surface area contributed by atoms with Crippen molar-refractivity contribution >= 4 is 35.6 Å². The van der Waals surface area contributed by atoms with E-state index in [0.29, 0.717) is 38.2 Å². The van der Waals surface area contributed by atoms with Crippen molar-refractivity contribution in [3.63, 3.8) is 0 Å². The first-order valence-electron chi connectivity index (χ1n) is 10.1. The number of halogens is 1. The molecule has 2 N–H and O–H groups in total. The predicted octanol–water partition coefficient (Wildman–Crippen LogP) is 4.48. The van der Waals surface area contributed by atoms with Gasteiger partial charge in [-0.15, -0.1) is 24.0 Å². The van der Waals surface area contributed by atoms with Gasteiger partial charge in [0.25, 0.3) is 0 Å². The number of anilines is 1. The largest absolute Gasteiger partial charge is 0.493 e. The number of nitrogens with one attached hydrogen (secondary N) is 2. The average Bonchev–Trinajstić information content (AvgIpc) is 2.75. The molecule has 0 aliphatic carbocycles. The highest BCUT2D eigenvalue weighted by molar-refractivity contribution is 14.0. The van der Waals surface area contributed by atoms with Crippen LogP contribution in [0.2, 0.25) is 0 Å². The Morgan fingerprint density at radius 3 is 2.63 bits per heavy atom. The van der Waals surface area contributed by atoms with Crippen LogP contribution in [0.15, 0.2) is 47.6 Å². The molecule has 1 aromatic carbocycles. The van der Waals surface area contributed by atoms with Crippen molar-refractivity contribution in [3.8, 4) is 11.6 Å². The second kappa shape index (κ2) is 15.7. The summed E-state index contributed by atoms with van der Waals surface area (Å²) in [6.45, 7) is 7.38. The molecule has 1 heterocycles. The summed E-state index contributed by atoms with van der Waals surface area (Å²) in [6.07, 6.45) is 3.62. The Balaban J connectivity index is 0.00000450. The average molecular weight is 528 g/mol. The molecule has 0 amide bonds. The molecule has 0 radical (unpaired) electrons. The van der Waals surface area contributed by atoms with Gasteiger partial charge in [0.05, 0.1) is 19.8 Å². The van der Waals surface area contributed by atoms with E-state index in [9.17, 15) is 0 Å². The van der Waals surface area contributed by atoms with E-state index in [-0.39, 0.29) is 24.0 Å². The van der Waals surface area contributed by atoms with Gasteiger partial charge in [-0.2, -0.15) is 0 Å². The van der Waals surface area contributed by atoms with Crippen LogP contribution in [0.25, 0.3) is 0 Å². The van der Waals surface area contributed by atoms with E-state index < -0.39 is 0 Å². The Hall–Kier alpha value is -2.07. The molecule has 0 aliphatic rings. The second-order valence-corrected chi connectivity index (χ2v) is 6.40. The quantitative estimate of drug-likeness (QED) is 0.183. The molecule has 8 heteroatoms. The predicted molar refractivity (Wildman–Crippen MR) is 132 cm³/mol. The number of nitrogens with zero attached hydrogens (tertiary/aromatic N) is 2. The van der Waals surface area contributed by atoms with Crippen LogP contribution in [0, 0.1) is 0 Å². The van der Waals surface area contributed by atoms with E-state index in [2.05, 4.69) is 27.5 Å². The van der Waals surface area contributed by atoms with Gasteiger partial charge in [0.2, 0.25) is 5.88 Å². The number of benzene rings is 1. The summed E-state index contributed by atoms with van der Waals surface area (Å²) in [5.74, 6) is 2.16. The zero-order chi connectivity index (χ0) is 20.7. The summed E-state index contributed by atoms with van der Waals surface area (Å²) in [7, 11) is 1.69. The van der Waals surface area contributed by atoms with Crippen molar-refractivity contribution < 1.29 is 14.2 Å². The SMILES string of the molecule is CCCOc1ccc(CN=C(NCC)Nc2cccc(OCCCOC)c2)cn1.I. The molecule has 0 fully saturated rings. The zero-order valence-corrected chi connectivity index (χ0v) is 20.3. The fourth-order valence-corrected chi connectivity index (χ4v) is 2.47. The number of ether oxygens (including phenoxy) is 3. The lowest BCUT2D eigenvalue weighted by Crippen LogP contribution is -2.30. The maximum atomic E-state index is 5.76. The van der Waals surface area contributed by atoms with Gasteiger partial charge < -0.3 is 24.8 Å². The van der Waals surface area contributed by atoms with Gasteiger partial charge in [0.1, 0.15) is 5.75 Å². The maximum absolute atomic E-state index is 5.76. The van der Waals surface area contributed by atoms with Crippen LogP contribution >= 0.6 is 24.0 Å². The molecule has 0 saturated heterocycles. The highest BCUT2D eigenvalue weighted by atomic mass is 127. The Labute approximate surface area is 196 Å². The van der Waals surface area contributed by atoms with Crippen molar-refractivity contribution in [3.05, 3.63) is 48.2 Å². The minimum Gasteiger partial charge on any atom is -0.493 e. The van der Waals surface area contributed by atoms with Crippen molar-refractivity contribution in [2.75, 3.05) is 38.8 Å². The fourth-order valence-electron chi connectivity index (χ4n) is 2.47. The Bertz CT molecular complexity index is 741. The summed E-state index contributed by atoms with van der Waals surface area (Å²) >= 11 is 0. The number of aromatic nitrogens is 1. The summed E-state index contributed by atoms with van der Waals surface area (Å²) in [6, 6.07) is 11.7. The number of methoxy groups -OCH3 is 1. The van der Waals surface area contributed by atoms with Gasteiger partial charge >= 0.3 is 0 Å². The number of guanidine groups is 1. The molecule has 7 nitrogen and oxygen atoms in total. The maximum Gasteiger partial charge on any atom is 0.213 e. The van der Waals surface area contributed by atoms with Crippen LogP contribution in [0.4, 0.5) is 5.69 Å². The lowest BCUT2D eigenvalue weighted by Gasteiger charge is -2.13. The summed E-state index contributed by atoms with van der Waals surface area (Å²) < 4.78 is 16.3. The van der Waals surface area contributed by atoms with Crippen LogP contribution in [0.5, 0.6) is 11.6 Å². The van der Waals surface area contributed by atoms with Crippen LogP contribution in [-0.4, -0.2) is 44.4 Å². The van der Waals surface area contributed by atoms with E-state index in [4.69, 9.17) is 14.2 Å². The molecule has 2 rings (SSSR count). The van der Waals surface area contributed by atoms with E-state index in [1.807, 2.05) is 43.3 Å². The molecule has 30 heavy (non-hydrogen) atoms. The number of rotatable bonds is 12. The smallest absolute Gasteiger partial charge is 0.213 e. The topological polar surface area (TPSA) is 77.0 Å². The standard InChI is InChI=1S/C22H32N4O3.HI/c1-4-12-29-21-11-10-18(16-24-21)17-25-22(23-5-2)26-19-8-6-9-20(15-19)28-14-7-13-27-3;/h6,8-11,15-16H,4-5,7,12-14,17H2,1-3H3,(H2,23,25,26);1H. The number of aliphatic imine (C=N–C) groups is 1. The molecule has 0 spiro atoms. The summed E-state index contributed by atoms with van der Waals surface area (Å²) in [4.78, 5) is 8.96. The molecule has 0 atom stereocenters. The monoisotopic (exact) mass is 528 g/mol. The molecule has 166 valence electrons. The van der Waals surface area contributed by atoms with Crippen LogP contribution in [0.3, 0.4) is 0 Å². The van der Waals surface area contributed by atoms with Crippen LogP contribution in [-0.2, 0) is 11.3 Å². The van der Waals surface area contributed by atoms with Crippen molar-refractivity contribution in [1.82, 2.24) is 10.3 Å². The third kappa shape index (κ3) is 10.1. The first kappa shape index (κ1) is 26.0. The molecular formula is C22H33IN4O3. The zero-order valence-electron chi connectivity index (χ0n) is 18.0. The normalized spacial score (nSPS) is 10.8. The van der Waals surface area contributed by atoms with E-state index >= 15 is 0 Å². The lowest BCUT2D eigenvalue weighted by molar-refractivity contribution is 0.172. The third-order valence-corrected chi connectivity index (χ3v) is 3.87. The summed E-state index contributed by atoms with van der Waals surface area (Å²) in [5.41, 5.74) is 1.93. The highest BCUT2D eigenvalue weighted by Gasteiger charge is 2.03. The minimum absolute atomic E-state index is 0. The molecule has 0 bridgehead atoms. The van der Waals surface area contributed by atoms with Gasteiger partial charge in [-0.3, -0.25) is 0 Å². The Morgan fingerprint density at radius 2 is 1.93 bits per heavy atom. The molecule has 2 aromatic rings. The molecule has 1 aromatic heterocycles. The Morgan fingerprint density at radius 1 is 1.07 bits per heavy atom. The molecule has 0 unspecified atom stereocenters. The van der Waals surface area contributed by atoms with Gasteiger partial charge in [0, 0.05) is 50.7 Å². The van der Waals surface area contributed by atoms with E-state index in [0.717, 1.165) is 36.4 Å². The lowest BCUT2D eigenvalue weighted by atomic mass is 10.3. The van der Waals surface area contributed by atoms with Crippen molar-refractivity contribution in [2.45, 2.75) is 33.2 Å². The van der Waals surface area contributed by atoms with Crippen molar-refractivity contribution in [1.29, 1.82) is 0 Å².